The van der Waals surface area contributed by atoms with Crippen molar-refractivity contribution >= 4 is 32.5 Å². The highest BCUT2D eigenvalue weighted by Crippen LogP contribution is 2.41. The van der Waals surface area contributed by atoms with Gasteiger partial charge in [-0.3, -0.25) is 9.59 Å². The molecule has 12 heteroatoms. The first-order valence-electron chi connectivity index (χ1n) is 13.0. The predicted octanol–water partition coefficient (Wildman–Crippen LogP) is 5.20. The summed E-state index contributed by atoms with van der Waals surface area (Å²) in [5.74, 6) is -2.39. The number of amides is 1. The molecule has 0 radical (unpaired) electrons. The Balaban J connectivity index is 1.71. The van der Waals surface area contributed by atoms with Gasteiger partial charge < -0.3 is 20.8 Å². The number of nitrogens with one attached hydrogen (secondary N) is 2. The number of anilines is 1. The molecule has 42 heavy (non-hydrogen) atoms. The third kappa shape index (κ3) is 4.92. The first-order valence-corrected chi connectivity index (χ1v) is 14.4. The number of carbonyl (C=O) groups is 1. The number of aromatic amines is 1. The van der Waals surface area contributed by atoms with E-state index in [0.29, 0.717) is 22.9 Å². The summed E-state index contributed by atoms with van der Waals surface area (Å²) in [5.41, 5.74) is 6.46. The monoisotopic (exact) mass is 594 g/mol. The maximum Gasteiger partial charge on any atom is 0.273 e. The summed E-state index contributed by atoms with van der Waals surface area (Å²) in [5, 5.41) is 2.94. The lowest BCUT2D eigenvalue weighted by molar-refractivity contribution is -0.117. The second-order valence-electron chi connectivity index (χ2n) is 10.3. The number of allylic oxidation sites excluding steroid dienone is 3. The van der Waals surface area contributed by atoms with Gasteiger partial charge in [0.15, 0.2) is 11.6 Å². The molecule has 218 valence electrons. The summed E-state index contributed by atoms with van der Waals surface area (Å²) < 4.78 is 61.5. The van der Waals surface area contributed by atoms with Crippen LogP contribution in [0.15, 0.2) is 83.5 Å². The molecule has 5 rings (SSSR count). The smallest absolute Gasteiger partial charge is 0.273 e. The Morgan fingerprint density at radius 2 is 1.88 bits per heavy atom. The van der Waals surface area contributed by atoms with Gasteiger partial charge >= 0.3 is 0 Å². The van der Waals surface area contributed by atoms with E-state index in [-0.39, 0.29) is 34.4 Å². The van der Waals surface area contributed by atoms with E-state index in [0.717, 1.165) is 16.1 Å². The number of nitrogens with two attached hydrogens (primary N) is 1. The van der Waals surface area contributed by atoms with Gasteiger partial charge in [-0.15, -0.1) is 0 Å². The summed E-state index contributed by atoms with van der Waals surface area (Å²) >= 11 is 0. The lowest BCUT2D eigenvalue weighted by Crippen LogP contribution is -2.41. The lowest BCUT2D eigenvalue weighted by atomic mass is 9.94. The number of ether oxygens (including phenoxy) is 1. The second kappa shape index (κ2) is 10.7. The predicted molar refractivity (Wildman–Crippen MR) is 157 cm³/mol. The van der Waals surface area contributed by atoms with Crippen molar-refractivity contribution < 1.29 is 26.7 Å². The third-order valence-electron chi connectivity index (χ3n) is 7.42. The van der Waals surface area contributed by atoms with E-state index in [9.17, 15) is 26.8 Å². The Hall–Kier alpha value is -4.55. The Kier molecular flexibility index (Phi) is 7.37. The fraction of sp³-hybridized carbons (Fsp3) is 0.200. The van der Waals surface area contributed by atoms with Crippen LogP contribution in [0.3, 0.4) is 0 Å². The minimum Gasteiger partial charge on any atom is -0.454 e. The fourth-order valence-electron chi connectivity index (χ4n) is 4.77. The Morgan fingerprint density at radius 1 is 1.14 bits per heavy atom. The fourth-order valence-corrected chi connectivity index (χ4v) is 6.63. The number of nitrogens with zero attached hydrogens (tertiary/aromatic N) is 1. The number of hydrogen-bond donors (Lipinski definition) is 3. The van der Waals surface area contributed by atoms with Crippen molar-refractivity contribution in [3.8, 4) is 22.6 Å². The van der Waals surface area contributed by atoms with Crippen LogP contribution in [0.25, 0.3) is 22.0 Å². The lowest BCUT2D eigenvalue weighted by Gasteiger charge is -2.31. The average Bonchev–Trinajstić information content (AvgIpc) is 3.40. The zero-order valence-electron chi connectivity index (χ0n) is 22.9. The number of H-pyrrole nitrogens is 1. The van der Waals surface area contributed by atoms with Crippen molar-refractivity contribution in [2.75, 3.05) is 5.32 Å². The van der Waals surface area contributed by atoms with Gasteiger partial charge in [-0.25, -0.2) is 21.2 Å². The van der Waals surface area contributed by atoms with Crippen LogP contribution in [0, 0.1) is 11.6 Å². The van der Waals surface area contributed by atoms with E-state index in [1.54, 1.807) is 32.1 Å². The quantitative estimate of drug-likeness (QED) is 0.269. The van der Waals surface area contributed by atoms with Crippen LogP contribution in [0.5, 0.6) is 11.5 Å². The standard InChI is InChI=1S/C30H28F2N4O5S/c1-17-6-4-5-12-30(17,3)42(39,40)36-13-11-21-23(16-34-29(38)27(21)36)22-15-20(35-28(37)18(2)33)8-10-25(22)41-26-9-7-19(31)14-24(26)32/h4-11,13-16,18H,12,33H2,1-3H3,(H,34,38)(H,35,37)/t18-,30?/m0/s1. The largest absolute Gasteiger partial charge is 0.454 e. The van der Waals surface area contributed by atoms with Gasteiger partial charge in [-0.05, 0) is 63.6 Å². The molecule has 0 spiro atoms. The zero-order valence-corrected chi connectivity index (χ0v) is 23.8. The Labute approximate surface area is 240 Å². The normalized spacial score (nSPS) is 17.6. The van der Waals surface area contributed by atoms with Crippen LogP contribution in [-0.2, 0) is 14.8 Å². The topological polar surface area (TPSA) is 136 Å². The number of hydrogen-bond acceptors (Lipinski definition) is 6. The third-order valence-corrected chi connectivity index (χ3v) is 9.87. The van der Waals surface area contributed by atoms with Gasteiger partial charge in [0.2, 0.25) is 15.9 Å². The molecule has 9 nitrogen and oxygen atoms in total. The highest BCUT2D eigenvalue weighted by atomic mass is 32.2. The SMILES string of the molecule is CC1=CC=CCC1(C)S(=O)(=O)n1ccc2c(-c3cc(NC(=O)[C@H](C)N)ccc3Oc3ccc(F)cc3F)c[nH]c(=O)c21. The molecule has 1 unspecified atom stereocenters. The van der Waals surface area contributed by atoms with Crippen LogP contribution in [0.1, 0.15) is 27.2 Å². The zero-order chi connectivity index (χ0) is 30.4. The van der Waals surface area contributed by atoms with Gasteiger partial charge in [-0.2, -0.15) is 0 Å². The maximum atomic E-state index is 14.5. The molecule has 0 saturated carbocycles. The number of fused-ring (bicyclic) bond motifs is 1. The van der Waals surface area contributed by atoms with E-state index < -0.39 is 43.9 Å². The molecule has 1 aliphatic carbocycles. The van der Waals surface area contributed by atoms with Crippen LogP contribution in [0.2, 0.25) is 0 Å². The van der Waals surface area contributed by atoms with Crippen LogP contribution < -0.4 is 21.3 Å². The summed E-state index contributed by atoms with van der Waals surface area (Å²) in [6.45, 7) is 4.84. The van der Waals surface area contributed by atoms with Crippen LogP contribution >= 0.6 is 0 Å². The van der Waals surface area contributed by atoms with Crippen molar-refractivity contribution in [3.63, 3.8) is 0 Å². The van der Waals surface area contributed by atoms with E-state index >= 15 is 0 Å². The van der Waals surface area contributed by atoms with E-state index in [1.807, 2.05) is 0 Å². The summed E-state index contributed by atoms with van der Waals surface area (Å²) in [4.78, 5) is 28.1. The van der Waals surface area contributed by atoms with Crippen molar-refractivity contribution in [2.45, 2.75) is 38.0 Å². The van der Waals surface area contributed by atoms with E-state index in [1.165, 1.54) is 43.6 Å². The van der Waals surface area contributed by atoms with Crippen LogP contribution in [-0.4, -0.2) is 34.1 Å². The number of halogens is 2. The van der Waals surface area contributed by atoms with Gasteiger partial charge in [0.05, 0.1) is 6.04 Å². The summed E-state index contributed by atoms with van der Waals surface area (Å²) in [7, 11) is -4.13. The molecule has 2 aromatic heterocycles. The molecule has 4 N–H and O–H groups in total. The van der Waals surface area contributed by atoms with E-state index in [2.05, 4.69) is 10.3 Å². The maximum absolute atomic E-state index is 14.5. The second-order valence-corrected chi connectivity index (χ2v) is 12.5. The first-order chi connectivity index (χ1) is 19.8. The van der Waals surface area contributed by atoms with Gasteiger partial charge in [0.25, 0.3) is 5.56 Å². The molecule has 0 fully saturated rings. The molecular weight excluding hydrogens is 566 g/mol. The van der Waals surface area contributed by atoms with Crippen molar-refractivity contribution in [1.82, 2.24) is 8.96 Å². The highest BCUT2D eigenvalue weighted by Gasteiger charge is 2.43. The van der Waals surface area contributed by atoms with E-state index in [4.69, 9.17) is 10.5 Å². The van der Waals surface area contributed by atoms with Gasteiger partial charge in [-0.1, -0.05) is 23.8 Å². The molecule has 0 aliphatic heterocycles. The van der Waals surface area contributed by atoms with Gasteiger partial charge in [0.1, 0.15) is 21.8 Å². The van der Waals surface area contributed by atoms with Crippen molar-refractivity contribution in [3.05, 3.63) is 101 Å². The number of pyridine rings is 1. The van der Waals surface area contributed by atoms with Crippen molar-refractivity contribution in [1.29, 1.82) is 0 Å². The average molecular weight is 595 g/mol. The summed E-state index contributed by atoms with van der Waals surface area (Å²) in [6, 6.07) is 8.01. The number of benzene rings is 2. The minimum atomic E-state index is -4.13. The molecule has 2 atom stereocenters. The Morgan fingerprint density at radius 3 is 2.57 bits per heavy atom. The van der Waals surface area contributed by atoms with Crippen molar-refractivity contribution in [2.24, 2.45) is 5.73 Å². The molecule has 1 amide bonds. The molecule has 1 aliphatic rings. The number of aromatic nitrogens is 2. The molecule has 2 heterocycles. The van der Waals surface area contributed by atoms with Crippen LogP contribution in [0.4, 0.5) is 14.5 Å². The number of carbonyl (C=O) groups excluding carboxylic acids is 1. The Bertz CT molecular complexity index is 1960. The molecule has 4 aromatic rings. The molecule has 0 bridgehead atoms. The molecular formula is C30H28F2N4O5S. The minimum absolute atomic E-state index is 0.0893. The highest BCUT2D eigenvalue weighted by molar-refractivity contribution is 7.91. The summed E-state index contributed by atoms with van der Waals surface area (Å²) in [6.07, 6.45) is 8.18. The number of rotatable bonds is 7. The first kappa shape index (κ1) is 29.0. The molecule has 0 saturated heterocycles. The van der Waals surface area contributed by atoms with Gasteiger partial charge in [0, 0.05) is 40.7 Å². The molecule has 2 aromatic carbocycles.